The Hall–Kier alpha value is -2.15. The van der Waals surface area contributed by atoms with Crippen molar-refractivity contribution >= 4 is 11.1 Å². The van der Waals surface area contributed by atoms with E-state index in [9.17, 15) is 0 Å². The Morgan fingerprint density at radius 3 is 1.94 bits per heavy atom. The van der Waals surface area contributed by atoms with Crippen LogP contribution in [0, 0.1) is 0 Å². The summed E-state index contributed by atoms with van der Waals surface area (Å²) in [4.78, 5) is 4.07. The molecular formula is C16H13N. The van der Waals surface area contributed by atoms with Crippen LogP contribution in [-0.4, -0.2) is 4.98 Å². The highest BCUT2D eigenvalue weighted by molar-refractivity contribution is 6.06. The molecule has 1 aliphatic rings. The third-order valence-corrected chi connectivity index (χ3v) is 3.01. The second kappa shape index (κ2) is 4.38. The molecule has 0 aliphatic heterocycles. The Kier molecular flexibility index (Phi) is 2.59. The first-order chi connectivity index (χ1) is 8.45. The number of rotatable bonds is 2. The van der Waals surface area contributed by atoms with Crippen LogP contribution in [0.1, 0.15) is 17.5 Å². The molecule has 0 atom stereocenters. The third-order valence-electron chi connectivity index (χ3n) is 3.01. The zero-order valence-corrected chi connectivity index (χ0v) is 9.51. The molecule has 1 nitrogen and oxygen atoms in total. The van der Waals surface area contributed by atoms with Gasteiger partial charge in [0.1, 0.15) is 0 Å². The molecule has 1 heteroatoms. The second-order valence-electron chi connectivity index (χ2n) is 4.07. The molecule has 1 aliphatic carbocycles. The van der Waals surface area contributed by atoms with Gasteiger partial charge >= 0.3 is 0 Å². The zero-order valence-electron chi connectivity index (χ0n) is 9.51. The van der Waals surface area contributed by atoms with Crippen molar-refractivity contribution in [3.8, 4) is 0 Å². The molecule has 0 amide bonds. The van der Waals surface area contributed by atoms with Gasteiger partial charge in [-0.1, -0.05) is 42.5 Å². The van der Waals surface area contributed by atoms with E-state index in [1.54, 1.807) is 0 Å². The van der Waals surface area contributed by atoms with Crippen LogP contribution in [0.2, 0.25) is 0 Å². The van der Waals surface area contributed by atoms with Crippen LogP contribution in [0.4, 0.5) is 0 Å². The summed E-state index contributed by atoms with van der Waals surface area (Å²) in [6.45, 7) is 0. The molecule has 0 fully saturated rings. The molecule has 3 rings (SSSR count). The maximum atomic E-state index is 4.07. The SMILES string of the molecule is C1=C(c2ccccc2)C(c2ccncc2)=CC1. The van der Waals surface area contributed by atoms with Gasteiger partial charge in [0, 0.05) is 12.4 Å². The highest BCUT2D eigenvalue weighted by atomic mass is 14.6. The minimum Gasteiger partial charge on any atom is -0.265 e. The van der Waals surface area contributed by atoms with E-state index in [2.05, 4.69) is 59.6 Å². The van der Waals surface area contributed by atoms with Gasteiger partial charge in [0.05, 0.1) is 0 Å². The van der Waals surface area contributed by atoms with Gasteiger partial charge in [-0.2, -0.15) is 0 Å². The van der Waals surface area contributed by atoms with Gasteiger partial charge in [0.15, 0.2) is 0 Å². The van der Waals surface area contributed by atoms with Crippen LogP contribution in [0.3, 0.4) is 0 Å². The number of benzene rings is 1. The molecule has 0 N–H and O–H groups in total. The Morgan fingerprint density at radius 2 is 1.29 bits per heavy atom. The predicted molar refractivity (Wildman–Crippen MR) is 71.3 cm³/mol. The monoisotopic (exact) mass is 219 g/mol. The smallest absolute Gasteiger partial charge is 0.0273 e. The van der Waals surface area contributed by atoms with Crippen molar-refractivity contribution in [3.63, 3.8) is 0 Å². The molecule has 82 valence electrons. The minimum atomic E-state index is 1.02. The lowest BCUT2D eigenvalue weighted by Crippen LogP contribution is -1.87. The van der Waals surface area contributed by atoms with Gasteiger partial charge in [-0.15, -0.1) is 0 Å². The van der Waals surface area contributed by atoms with E-state index in [-0.39, 0.29) is 0 Å². The Balaban J connectivity index is 2.01. The summed E-state index contributed by atoms with van der Waals surface area (Å²) >= 11 is 0. The van der Waals surface area contributed by atoms with E-state index in [1.807, 2.05) is 12.4 Å². The number of allylic oxidation sites excluding steroid dienone is 4. The van der Waals surface area contributed by atoms with Crippen molar-refractivity contribution in [1.82, 2.24) is 4.98 Å². The lowest BCUT2D eigenvalue weighted by Gasteiger charge is -2.09. The fourth-order valence-corrected chi connectivity index (χ4v) is 2.21. The van der Waals surface area contributed by atoms with Gasteiger partial charge in [0.25, 0.3) is 0 Å². The van der Waals surface area contributed by atoms with Crippen LogP contribution >= 0.6 is 0 Å². The summed E-state index contributed by atoms with van der Waals surface area (Å²) in [6.07, 6.45) is 9.26. The average molecular weight is 219 g/mol. The molecule has 0 spiro atoms. The number of aromatic nitrogens is 1. The number of hydrogen-bond acceptors (Lipinski definition) is 1. The summed E-state index contributed by atoms with van der Waals surface area (Å²) < 4.78 is 0. The van der Waals surface area contributed by atoms with Gasteiger partial charge in [-0.3, -0.25) is 4.98 Å². The van der Waals surface area contributed by atoms with Crippen LogP contribution in [-0.2, 0) is 0 Å². The fraction of sp³-hybridized carbons (Fsp3) is 0.0625. The first-order valence-electron chi connectivity index (χ1n) is 5.81. The van der Waals surface area contributed by atoms with Gasteiger partial charge < -0.3 is 0 Å². The molecule has 0 bridgehead atoms. The molecule has 0 unspecified atom stereocenters. The van der Waals surface area contributed by atoms with Crippen LogP contribution in [0.15, 0.2) is 67.0 Å². The largest absolute Gasteiger partial charge is 0.265 e. The number of hydrogen-bond donors (Lipinski definition) is 0. The molecule has 2 aromatic rings. The molecule has 1 aromatic heterocycles. The van der Waals surface area contributed by atoms with Crippen LogP contribution in [0.5, 0.6) is 0 Å². The molecule has 1 aromatic carbocycles. The predicted octanol–water partition coefficient (Wildman–Crippen LogP) is 3.95. The summed E-state index contributed by atoms with van der Waals surface area (Å²) in [5, 5.41) is 0. The third kappa shape index (κ3) is 1.92. The number of pyridine rings is 1. The second-order valence-corrected chi connectivity index (χ2v) is 4.07. The molecule has 1 heterocycles. The van der Waals surface area contributed by atoms with Crippen LogP contribution < -0.4 is 0 Å². The lowest BCUT2D eigenvalue weighted by molar-refractivity contribution is 1.32. The van der Waals surface area contributed by atoms with E-state index >= 15 is 0 Å². The Morgan fingerprint density at radius 1 is 0.706 bits per heavy atom. The zero-order chi connectivity index (χ0) is 11.5. The molecule has 17 heavy (non-hydrogen) atoms. The summed E-state index contributed by atoms with van der Waals surface area (Å²) in [6, 6.07) is 14.7. The maximum Gasteiger partial charge on any atom is 0.0273 e. The molecular weight excluding hydrogens is 206 g/mol. The quantitative estimate of drug-likeness (QED) is 0.745. The summed E-state index contributed by atoms with van der Waals surface area (Å²) in [5.74, 6) is 0. The van der Waals surface area contributed by atoms with E-state index in [4.69, 9.17) is 0 Å². The maximum absolute atomic E-state index is 4.07. The van der Waals surface area contributed by atoms with Crippen molar-refractivity contribution in [2.45, 2.75) is 6.42 Å². The van der Waals surface area contributed by atoms with Crippen molar-refractivity contribution in [3.05, 3.63) is 78.1 Å². The standard InChI is InChI=1S/C16H13N/c1-2-5-13(6-3-1)15-7-4-8-16(15)14-9-11-17-12-10-14/h1-3,5-12H,4H2. The fourth-order valence-electron chi connectivity index (χ4n) is 2.21. The Labute approximate surface area is 101 Å². The van der Waals surface area contributed by atoms with Gasteiger partial charge in [-0.05, 0) is 40.8 Å². The van der Waals surface area contributed by atoms with Gasteiger partial charge in [0.2, 0.25) is 0 Å². The first kappa shape index (κ1) is 10.0. The van der Waals surface area contributed by atoms with Gasteiger partial charge in [-0.25, -0.2) is 0 Å². The molecule has 0 saturated heterocycles. The van der Waals surface area contributed by atoms with E-state index < -0.39 is 0 Å². The number of nitrogens with zero attached hydrogens (tertiary/aromatic N) is 1. The average Bonchev–Trinajstić information content (AvgIpc) is 2.90. The first-order valence-corrected chi connectivity index (χ1v) is 5.81. The van der Waals surface area contributed by atoms with E-state index in [0.717, 1.165) is 6.42 Å². The van der Waals surface area contributed by atoms with Crippen LogP contribution in [0.25, 0.3) is 11.1 Å². The minimum absolute atomic E-state index is 1.02. The van der Waals surface area contributed by atoms with Crippen molar-refractivity contribution in [1.29, 1.82) is 0 Å². The molecule has 0 saturated carbocycles. The Bertz CT molecular complexity index is 511. The highest BCUT2D eigenvalue weighted by Crippen LogP contribution is 2.35. The summed E-state index contributed by atoms with van der Waals surface area (Å²) in [5.41, 5.74) is 5.18. The topological polar surface area (TPSA) is 12.9 Å². The van der Waals surface area contributed by atoms with E-state index in [0.29, 0.717) is 0 Å². The van der Waals surface area contributed by atoms with Crippen molar-refractivity contribution in [2.75, 3.05) is 0 Å². The molecule has 0 radical (unpaired) electrons. The normalized spacial score (nSPS) is 14.4. The van der Waals surface area contributed by atoms with Crippen molar-refractivity contribution < 1.29 is 0 Å². The van der Waals surface area contributed by atoms with E-state index in [1.165, 1.54) is 22.3 Å². The summed E-state index contributed by atoms with van der Waals surface area (Å²) in [7, 11) is 0. The highest BCUT2D eigenvalue weighted by Gasteiger charge is 2.13. The van der Waals surface area contributed by atoms with Crippen molar-refractivity contribution in [2.24, 2.45) is 0 Å². The lowest BCUT2D eigenvalue weighted by atomic mass is 9.96.